The van der Waals surface area contributed by atoms with E-state index in [1.807, 2.05) is 32.0 Å². The molecule has 0 spiro atoms. The van der Waals surface area contributed by atoms with E-state index >= 15 is 0 Å². The van der Waals surface area contributed by atoms with Crippen LogP contribution in [0.4, 0.5) is 10.1 Å². The zero-order valence-electron chi connectivity index (χ0n) is 12.0. The number of hydrogen-bond acceptors (Lipinski definition) is 2. The summed E-state index contributed by atoms with van der Waals surface area (Å²) in [7, 11) is 1.79. The minimum absolute atomic E-state index is 0.0276. The number of hydrogen-bond donors (Lipinski definition) is 0. The van der Waals surface area contributed by atoms with Gasteiger partial charge in [0.1, 0.15) is 5.82 Å². The van der Waals surface area contributed by atoms with Gasteiger partial charge < -0.3 is 4.90 Å². The molecule has 0 amide bonds. The average Bonchev–Trinajstić information content (AvgIpc) is 2.41. The lowest BCUT2D eigenvalue weighted by molar-refractivity contribution is 0.1000. The van der Waals surface area contributed by atoms with Crippen LogP contribution in [0.1, 0.15) is 21.5 Å². The molecule has 0 radical (unpaired) electrons. The smallest absolute Gasteiger partial charge is 0.182 e. The molecule has 104 valence electrons. The van der Waals surface area contributed by atoms with E-state index in [0.29, 0.717) is 11.3 Å². The molecule has 0 N–H and O–H groups in total. The Morgan fingerprint density at radius 1 is 1.10 bits per heavy atom. The Balaban J connectivity index is 2.13. The van der Waals surface area contributed by atoms with E-state index in [1.54, 1.807) is 24.1 Å². The van der Waals surface area contributed by atoms with Crippen LogP contribution in [0.5, 0.6) is 0 Å². The van der Waals surface area contributed by atoms with Crippen LogP contribution in [0, 0.1) is 19.7 Å². The van der Waals surface area contributed by atoms with Crippen molar-refractivity contribution in [3.8, 4) is 0 Å². The van der Waals surface area contributed by atoms with Crippen molar-refractivity contribution < 1.29 is 9.18 Å². The van der Waals surface area contributed by atoms with Crippen LogP contribution in [0.15, 0.2) is 42.5 Å². The van der Waals surface area contributed by atoms with Crippen molar-refractivity contribution >= 4 is 11.5 Å². The van der Waals surface area contributed by atoms with Crippen molar-refractivity contribution in [1.29, 1.82) is 0 Å². The number of carbonyl (C=O) groups excluding carboxylic acids is 1. The maximum atomic E-state index is 13.2. The molecule has 0 aliphatic carbocycles. The fourth-order valence-corrected chi connectivity index (χ4v) is 2.03. The van der Waals surface area contributed by atoms with E-state index in [0.717, 1.165) is 5.56 Å². The molecule has 2 aromatic rings. The largest absolute Gasteiger partial charge is 0.367 e. The quantitative estimate of drug-likeness (QED) is 0.789. The van der Waals surface area contributed by atoms with Crippen molar-refractivity contribution in [2.75, 3.05) is 18.5 Å². The fraction of sp³-hybridized carbons (Fsp3) is 0.235. The van der Waals surface area contributed by atoms with Gasteiger partial charge in [0, 0.05) is 18.3 Å². The first kappa shape index (κ1) is 14.3. The number of anilines is 1. The van der Waals surface area contributed by atoms with E-state index in [1.165, 1.54) is 17.7 Å². The Morgan fingerprint density at radius 3 is 2.50 bits per heavy atom. The predicted octanol–water partition coefficient (Wildman–Crippen LogP) is 3.76. The molecule has 0 fully saturated rings. The Labute approximate surface area is 118 Å². The molecule has 20 heavy (non-hydrogen) atoms. The van der Waals surface area contributed by atoms with Crippen LogP contribution in [-0.2, 0) is 0 Å². The highest BCUT2D eigenvalue weighted by Crippen LogP contribution is 2.15. The van der Waals surface area contributed by atoms with Gasteiger partial charge in [0.25, 0.3) is 0 Å². The second kappa shape index (κ2) is 5.87. The summed E-state index contributed by atoms with van der Waals surface area (Å²) in [5, 5.41) is 0. The van der Waals surface area contributed by atoms with Gasteiger partial charge in [-0.05, 0) is 49.2 Å². The lowest BCUT2D eigenvalue weighted by Gasteiger charge is -2.18. The summed E-state index contributed by atoms with van der Waals surface area (Å²) in [5.74, 6) is -0.271. The van der Waals surface area contributed by atoms with Gasteiger partial charge in [-0.15, -0.1) is 0 Å². The van der Waals surface area contributed by atoms with Crippen molar-refractivity contribution in [3.05, 3.63) is 65.0 Å². The summed E-state index contributed by atoms with van der Waals surface area (Å²) in [5.41, 5.74) is 3.66. The van der Waals surface area contributed by atoms with Crippen molar-refractivity contribution in [2.24, 2.45) is 0 Å². The zero-order valence-corrected chi connectivity index (χ0v) is 12.0. The van der Waals surface area contributed by atoms with Gasteiger partial charge in [-0.2, -0.15) is 0 Å². The van der Waals surface area contributed by atoms with Crippen LogP contribution < -0.4 is 4.90 Å². The number of rotatable bonds is 4. The van der Waals surface area contributed by atoms with Crippen molar-refractivity contribution in [3.63, 3.8) is 0 Å². The number of Topliss-reactive ketones (excluding diaryl/α,β-unsaturated/α-hetero) is 1. The predicted molar refractivity (Wildman–Crippen MR) is 79.9 cm³/mol. The highest BCUT2D eigenvalue weighted by molar-refractivity contribution is 5.99. The molecule has 0 heterocycles. The number of ketones is 1. The normalized spacial score (nSPS) is 10.4. The third-order valence-corrected chi connectivity index (χ3v) is 3.46. The van der Waals surface area contributed by atoms with Gasteiger partial charge in [-0.25, -0.2) is 4.39 Å². The third-order valence-electron chi connectivity index (χ3n) is 3.46. The molecule has 3 heteroatoms. The first-order valence-corrected chi connectivity index (χ1v) is 6.54. The first-order valence-electron chi connectivity index (χ1n) is 6.54. The molecule has 0 saturated heterocycles. The van der Waals surface area contributed by atoms with Gasteiger partial charge in [0.05, 0.1) is 6.54 Å². The van der Waals surface area contributed by atoms with E-state index in [9.17, 15) is 9.18 Å². The molecule has 0 aliphatic rings. The minimum Gasteiger partial charge on any atom is -0.367 e. The number of nitrogens with zero attached hydrogens (tertiary/aromatic N) is 1. The van der Waals surface area contributed by atoms with E-state index in [-0.39, 0.29) is 18.1 Å². The monoisotopic (exact) mass is 271 g/mol. The van der Waals surface area contributed by atoms with Crippen LogP contribution in [0.3, 0.4) is 0 Å². The van der Waals surface area contributed by atoms with Crippen LogP contribution in [-0.4, -0.2) is 19.4 Å². The number of carbonyl (C=O) groups is 1. The fourth-order valence-electron chi connectivity index (χ4n) is 2.03. The van der Waals surface area contributed by atoms with Crippen LogP contribution >= 0.6 is 0 Å². The Bertz CT molecular complexity index is 637. The lowest BCUT2D eigenvalue weighted by Crippen LogP contribution is -2.25. The van der Waals surface area contributed by atoms with Gasteiger partial charge >= 0.3 is 0 Å². The topological polar surface area (TPSA) is 20.3 Å². The Kier molecular flexibility index (Phi) is 4.18. The molecular formula is C17H18FNO. The van der Waals surface area contributed by atoms with Gasteiger partial charge in [-0.1, -0.05) is 18.2 Å². The van der Waals surface area contributed by atoms with Gasteiger partial charge in [0.15, 0.2) is 5.78 Å². The average molecular weight is 271 g/mol. The van der Waals surface area contributed by atoms with Gasteiger partial charge in [-0.3, -0.25) is 4.79 Å². The second-order valence-corrected chi connectivity index (χ2v) is 5.06. The summed E-state index contributed by atoms with van der Waals surface area (Å²) in [6.07, 6.45) is 0. The summed E-state index contributed by atoms with van der Waals surface area (Å²) in [4.78, 5) is 14.0. The highest BCUT2D eigenvalue weighted by Gasteiger charge is 2.11. The molecule has 0 bridgehead atoms. The Hall–Kier alpha value is -2.16. The number of halogens is 1. The molecule has 2 rings (SSSR count). The maximum Gasteiger partial charge on any atom is 0.182 e. The van der Waals surface area contributed by atoms with Gasteiger partial charge in [0.2, 0.25) is 0 Å². The lowest BCUT2D eigenvalue weighted by atomic mass is 10.0. The molecule has 2 nitrogen and oxygen atoms in total. The van der Waals surface area contributed by atoms with E-state index in [4.69, 9.17) is 0 Å². The van der Waals surface area contributed by atoms with Crippen LogP contribution in [0.25, 0.3) is 0 Å². The maximum absolute atomic E-state index is 13.2. The van der Waals surface area contributed by atoms with Crippen LogP contribution in [0.2, 0.25) is 0 Å². The van der Waals surface area contributed by atoms with E-state index < -0.39 is 0 Å². The second-order valence-electron chi connectivity index (χ2n) is 5.06. The molecule has 2 aromatic carbocycles. The SMILES string of the molecule is Cc1ccc(C(=O)CN(C)c2cccc(F)c2)cc1C. The van der Waals surface area contributed by atoms with E-state index in [2.05, 4.69) is 0 Å². The zero-order chi connectivity index (χ0) is 14.7. The Morgan fingerprint density at radius 2 is 1.85 bits per heavy atom. The first-order chi connectivity index (χ1) is 9.47. The summed E-state index contributed by atoms with van der Waals surface area (Å²) in [6.45, 7) is 4.23. The minimum atomic E-state index is -0.298. The summed E-state index contributed by atoms with van der Waals surface area (Å²) < 4.78 is 13.2. The van der Waals surface area contributed by atoms with Crippen molar-refractivity contribution in [1.82, 2.24) is 0 Å². The van der Waals surface area contributed by atoms with Crippen molar-refractivity contribution in [2.45, 2.75) is 13.8 Å². The number of benzene rings is 2. The number of aryl methyl sites for hydroxylation is 2. The molecule has 0 unspecified atom stereocenters. The highest BCUT2D eigenvalue weighted by atomic mass is 19.1. The molecule has 0 saturated carbocycles. The summed E-state index contributed by atoms with van der Waals surface area (Å²) in [6, 6.07) is 11.9. The molecular weight excluding hydrogens is 253 g/mol. The summed E-state index contributed by atoms with van der Waals surface area (Å²) >= 11 is 0. The standard InChI is InChI=1S/C17H18FNO/c1-12-7-8-14(9-13(12)2)17(20)11-19(3)16-6-4-5-15(18)10-16/h4-10H,11H2,1-3H3. The third kappa shape index (κ3) is 3.23. The molecule has 0 atom stereocenters. The molecule has 0 aromatic heterocycles. The molecule has 0 aliphatic heterocycles. The number of likely N-dealkylation sites (N-methyl/N-ethyl adjacent to an activating group) is 1.